The molecule has 0 saturated carbocycles. The number of nitrogens with two attached hydrogens (primary N) is 1. The maximum atomic E-state index is 12.2. The third kappa shape index (κ3) is 3.44. The van der Waals surface area contributed by atoms with Gasteiger partial charge in [0.15, 0.2) is 0 Å². The molecule has 4 aromatic rings. The second-order valence-corrected chi connectivity index (χ2v) is 7.26. The number of carbonyl (C=O) groups is 2. The van der Waals surface area contributed by atoms with Gasteiger partial charge in [0.05, 0.1) is 41.6 Å². The first kappa shape index (κ1) is 20.6. The van der Waals surface area contributed by atoms with Gasteiger partial charge in [0.2, 0.25) is 0 Å². The highest BCUT2D eigenvalue weighted by atomic mass is 16.5. The maximum absolute atomic E-state index is 12.2. The summed E-state index contributed by atoms with van der Waals surface area (Å²) in [7, 11) is 4.66. The zero-order valence-electron chi connectivity index (χ0n) is 17.7. The number of hydrogen-bond donors (Lipinski definition) is 2. The monoisotopic (exact) mass is 420 g/mol. The Morgan fingerprint density at radius 2 is 1.68 bits per heavy atom. The molecular weight excluding hydrogens is 396 g/mol. The fourth-order valence-electron chi connectivity index (χ4n) is 3.88. The Bertz CT molecular complexity index is 1400. The van der Waals surface area contributed by atoms with Crippen LogP contribution in [0.4, 0.5) is 0 Å². The number of methoxy groups -OCH3 is 2. The van der Waals surface area contributed by atoms with Crippen LogP contribution in [0.2, 0.25) is 0 Å². The van der Waals surface area contributed by atoms with Gasteiger partial charge in [0.1, 0.15) is 5.65 Å². The number of benzene rings is 2. The Labute approximate surface area is 178 Å². The lowest BCUT2D eigenvalue weighted by Crippen LogP contribution is -2.13. The number of carbonyl (C=O) groups excluding carboxylic acids is 2. The molecule has 160 valence electrons. The Kier molecular flexibility index (Phi) is 5.48. The molecule has 0 atom stereocenters. The number of nitrogens with one attached hydrogen (secondary N) is 1. The Balaban J connectivity index is 2.17. The molecule has 0 bridgehead atoms. The van der Waals surface area contributed by atoms with Crippen molar-refractivity contribution in [3.8, 4) is 0 Å². The zero-order chi connectivity index (χ0) is 22.1. The first-order valence-corrected chi connectivity index (χ1v) is 9.95. The molecule has 0 unspecified atom stereocenters. The molecule has 2 heterocycles. The normalized spacial score (nSPS) is 12.1. The first-order valence-electron chi connectivity index (χ1n) is 9.95. The highest BCUT2D eigenvalue weighted by Crippen LogP contribution is 2.27. The Morgan fingerprint density at radius 1 is 1.03 bits per heavy atom. The van der Waals surface area contributed by atoms with Crippen molar-refractivity contribution >= 4 is 44.8 Å². The molecule has 0 aliphatic carbocycles. The van der Waals surface area contributed by atoms with Gasteiger partial charge in [-0.15, -0.1) is 0 Å². The molecule has 0 aliphatic heterocycles. The van der Waals surface area contributed by atoms with Crippen LogP contribution in [-0.2, 0) is 16.5 Å². The van der Waals surface area contributed by atoms with Crippen LogP contribution in [0.25, 0.3) is 32.8 Å². The summed E-state index contributed by atoms with van der Waals surface area (Å²) in [5.41, 5.74) is 9.22. The van der Waals surface area contributed by atoms with E-state index >= 15 is 0 Å². The molecule has 8 heteroatoms. The number of pyridine rings is 1. The molecule has 2 aromatic carbocycles. The first-order chi connectivity index (χ1) is 15.0. The molecule has 8 nitrogen and oxygen atoms in total. The van der Waals surface area contributed by atoms with Gasteiger partial charge in [0.25, 0.3) is 0 Å². The minimum absolute atomic E-state index is 0.406. The predicted molar refractivity (Wildman–Crippen MR) is 119 cm³/mol. The van der Waals surface area contributed by atoms with Crippen molar-refractivity contribution in [3.05, 3.63) is 52.9 Å². The van der Waals surface area contributed by atoms with Crippen molar-refractivity contribution in [1.82, 2.24) is 9.55 Å². The largest absolute Gasteiger partial charge is 0.465 e. The molecule has 31 heavy (non-hydrogen) atoms. The third-order valence-corrected chi connectivity index (χ3v) is 5.44. The van der Waals surface area contributed by atoms with Gasteiger partial charge in [0, 0.05) is 29.9 Å². The van der Waals surface area contributed by atoms with Gasteiger partial charge in [-0.1, -0.05) is 0 Å². The van der Waals surface area contributed by atoms with Crippen molar-refractivity contribution < 1.29 is 19.1 Å². The van der Waals surface area contributed by atoms with Crippen LogP contribution in [-0.4, -0.2) is 48.8 Å². The van der Waals surface area contributed by atoms with Crippen LogP contribution in [0.15, 0.2) is 41.4 Å². The summed E-state index contributed by atoms with van der Waals surface area (Å²) in [4.78, 5) is 32.6. The van der Waals surface area contributed by atoms with Gasteiger partial charge in [-0.3, -0.25) is 4.99 Å². The van der Waals surface area contributed by atoms with E-state index in [2.05, 4.69) is 4.98 Å². The molecule has 0 spiro atoms. The number of fused-ring (bicyclic) bond motifs is 4. The van der Waals surface area contributed by atoms with Crippen LogP contribution in [0.1, 0.15) is 27.1 Å². The zero-order valence-corrected chi connectivity index (χ0v) is 17.7. The summed E-state index contributed by atoms with van der Waals surface area (Å²) in [5, 5.41) is 3.29. The van der Waals surface area contributed by atoms with E-state index < -0.39 is 11.9 Å². The van der Waals surface area contributed by atoms with E-state index in [-0.39, 0.29) is 0 Å². The molecule has 0 amide bonds. The number of aromatic nitrogens is 2. The average Bonchev–Trinajstić information content (AvgIpc) is 3.18. The highest BCUT2D eigenvalue weighted by Gasteiger charge is 2.17. The minimum Gasteiger partial charge on any atom is -0.465 e. The number of nitrogens with zero attached hydrogens (tertiary/aromatic N) is 2. The lowest BCUT2D eigenvalue weighted by atomic mass is 10.1. The molecular formula is C23H24N4O4. The number of rotatable bonds is 5. The Morgan fingerprint density at radius 3 is 2.32 bits per heavy atom. The van der Waals surface area contributed by atoms with E-state index in [4.69, 9.17) is 20.2 Å². The van der Waals surface area contributed by atoms with Crippen molar-refractivity contribution in [2.45, 2.75) is 6.42 Å². The van der Waals surface area contributed by atoms with Gasteiger partial charge in [-0.2, -0.15) is 0 Å². The van der Waals surface area contributed by atoms with Gasteiger partial charge in [-0.25, -0.2) is 9.59 Å². The van der Waals surface area contributed by atoms with E-state index in [1.54, 1.807) is 24.3 Å². The number of esters is 2. The number of H-pyrrole nitrogens is 1. The van der Waals surface area contributed by atoms with Crippen LogP contribution in [0.5, 0.6) is 0 Å². The summed E-state index contributed by atoms with van der Waals surface area (Å²) in [6.45, 7) is 1.07. The third-order valence-electron chi connectivity index (χ3n) is 5.44. The van der Waals surface area contributed by atoms with Gasteiger partial charge < -0.3 is 24.8 Å². The van der Waals surface area contributed by atoms with Crippen molar-refractivity contribution in [1.29, 1.82) is 0 Å². The van der Waals surface area contributed by atoms with E-state index in [9.17, 15) is 9.59 Å². The predicted octanol–water partition coefficient (Wildman–Crippen LogP) is 2.64. The molecule has 0 aliphatic rings. The SMILES string of the molecule is COC(=O)c1ccc2c(c1)c(=NCCCN)c1c3cc(C(=O)OC)ccc3[nH]c1n2C. The summed E-state index contributed by atoms with van der Waals surface area (Å²) in [5.74, 6) is -0.819. The van der Waals surface area contributed by atoms with E-state index in [0.29, 0.717) is 24.2 Å². The van der Waals surface area contributed by atoms with Gasteiger partial charge in [-0.05, 0) is 49.4 Å². The van der Waals surface area contributed by atoms with Crippen LogP contribution in [0, 0.1) is 0 Å². The lowest BCUT2D eigenvalue weighted by Gasteiger charge is -2.11. The second-order valence-electron chi connectivity index (χ2n) is 7.26. The molecule has 0 saturated heterocycles. The molecule has 0 fully saturated rings. The van der Waals surface area contributed by atoms with Crippen LogP contribution >= 0.6 is 0 Å². The standard InChI is InChI=1S/C23H24N4O4/c1-27-18-8-6-14(23(29)31-3)12-16(18)20(25-10-4-9-24)19-15-11-13(22(28)30-2)5-7-17(15)26-21(19)27/h5-8,11-12,26H,4,9-10,24H2,1-3H3. The maximum Gasteiger partial charge on any atom is 0.337 e. The number of hydrogen-bond acceptors (Lipinski definition) is 6. The van der Waals surface area contributed by atoms with E-state index in [1.807, 2.05) is 23.7 Å². The summed E-state index contributed by atoms with van der Waals surface area (Å²) >= 11 is 0. The van der Waals surface area contributed by atoms with Crippen molar-refractivity contribution in [2.75, 3.05) is 27.3 Å². The lowest BCUT2D eigenvalue weighted by molar-refractivity contribution is 0.0592. The topological polar surface area (TPSA) is 112 Å². The number of ether oxygens (including phenoxy) is 2. The molecule has 4 rings (SSSR count). The van der Waals surface area contributed by atoms with Crippen LogP contribution < -0.4 is 11.1 Å². The fourth-order valence-corrected chi connectivity index (χ4v) is 3.88. The second kappa shape index (κ2) is 8.23. The highest BCUT2D eigenvalue weighted by molar-refractivity contribution is 6.11. The smallest absolute Gasteiger partial charge is 0.337 e. The molecule has 3 N–H and O–H groups in total. The van der Waals surface area contributed by atoms with Gasteiger partial charge >= 0.3 is 11.9 Å². The summed E-state index contributed by atoms with van der Waals surface area (Å²) in [6, 6.07) is 10.8. The fraction of sp³-hybridized carbons (Fsp3) is 0.261. The average molecular weight is 420 g/mol. The Hall–Kier alpha value is -3.65. The summed E-state index contributed by atoms with van der Waals surface area (Å²) in [6.07, 6.45) is 0.733. The van der Waals surface area contributed by atoms with Crippen molar-refractivity contribution in [2.24, 2.45) is 17.8 Å². The molecule has 0 radical (unpaired) electrons. The summed E-state index contributed by atoms with van der Waals surface area (Å²) < 4.78 is 11.8. The van der Waals surface area contributed by atoms with Crippen LogP contribution in [0.3, 0.4) is 0 Å². The number of aromatic amines is 1. The molecule has 2 aromatic heterocycles. The number of aryl methyl sites for hydroxylation is 1. The quantitative estimate of drug-likeness (QED) is 0.381. The van der Waals surface area contributed by atoms with E-state index in [1.165, 1.54) is 14.2 Å². The van der Waals surface area contributed by atoms with E-state index in [0.717, 1.165) is 44.6 Å². The van der Waals surface area contributed by atoms with Crippen molar-refractivity contribution in [3.63, 3.8) is 0 Å². The minimum atomic E-state index is -0.413.